The van der Waals surface area contributed by atoms with Crippen LogP contribution in [0, 0.1) is 12.8 Å². The number of thiazole rings is 1. The second-order valence-electron chi connectivity index (χ2n) is 4.62. The van der Waals surface area contributed by atoms with E-state index in [1.54, 1.807) is 0 Å². The van der Waals surface area contributed by atoms with Crippen molar-refractivity contribution in [1.82, 2.24) is 15.2 Å². The smallest absolute Gasteiger partial charge is 0.0897 e. The minimum Gasteiger partial charge on any atom is -0.319 e. The second-order valence-corrected chi connectivity index (χ2v) is 5.94. The summed E-state index contributed by atoms with van der Waals surface area (Å²) in [4.78, 5) is 8.27. The standard InChI is InChI=1S/C12H21N3S.ClH/c1-10-14-8-12(16-10)9-15-5-3-11(4-6-15)7-13-2;/h8,11,13H,3-7,9H2,1-2H3;1H. The minimum absolute atomic E-state index is 0. The van der Waals surface area contributed by atoms with Crippen molar-refractivity contribution < 1.29 is 0 Å². The topological polar surface area (TPSA) is 28.2 Å². The summed E-state index contributed by atoms with van der Waals surface area (Å²) < 4.78 is 0. The van der Waals surface area contributed by atoms with E-state index in [4.69, 9.17) is 0 Å². The molecule has 3 nitrogen and oxygen atoms in total. The Balaban J connectivity index is 0.00000144. The van der Waals surface area contributed by atoms with E-state index in [0.717, 1.165) is 12.5 Å². The molecule has 98 valence electrons. The molecule has 1 aromatic heterocycles. The molecule has 2 heterocycles. The Morgan fingerprint density at radius 2 is 2.18 bits per heavy atom. The number of rotatable bonds is 4. The average molecular weight is 276 g/mol. The van der Waals surface area contributed by atoms with Gasteiger partial charge in [0.1, 0.15) is 0 Å². The van der Waals surface area contributed by atoms with Crippen molar-refractivity contribution >= 4 is 23.7 Å². The van der Waals surface area contributed by atoms with Crippen molar-refractivity contribution in [3.05, 3.63) is 16.1 Å². The SMILES string of the molecule is CNCC1CCN(Cc2cnc(C)s2)CC1.Cl. The van der Waals surface area contributed by atoms with Gasteiger partial charge in [-0.2, -0.15) is 0 Å². The fourth-order valence-corrected chi connectivity index (χ4v) is 3.17. The molecule has 0 saturated carbocycles. The number of nitrogens with one attached hydrogen (secondary N) is 1. The van der Waals surface area contributed by atoms with E-state index in [2.05, 4.69) is 22.1 Å². The predicted molar refractivity (Wildman–Crippen MR) is 76.0 cm³/mol. The summed E-state index contributed by atoms with van der Waals surface area (Å²) in [6.07, 6.45) is 4.69. The summed E-state index contributed by atoms with van der Waals surface area (Å²) in [5.74, 6) is 0.879. The first kappa shape index (κ1) is 14.9. The lowest BCUT2D eigenvalue weighted by Crippen LogP contribution is -2.36. The van der Waals surface area contributed by atoms with Gasteiger partial charge in [0.25, 0.3) is 0 Å². The molecule has 1 fully saturated rings. The number of aryl methyl sites for hydroxylation is 1. The summed E-state index contributed by atoms with van der Waals surface area (Å²) in [5.41, 5.74) is 0. The first-order valence-corrected chi connectivity index (χ1v) is 6.88. The van der Waals surface area contributed by atoms with Crippen LogP contribution in [0.1, 0.15) is 22.7 Å². The van der Waals surface area contributed by atoms with E-state index >= 15 is 0 Å². The van der Waals surface area contributed by atoms with Gasteiger partial charge in [-0.05, 0) is 52.4 Å². The molecule has 17 heavy (non-hydrogen) atoms. The summed E-state index contributed by atoms with van der Waals surface area (Å²) in [7, 11) is 2.05. The Kier molecular flexibility index (Phi) is 6.41. The molecule has 2 rings (SSSR count). The Bertz CT molecular complexity index is 321. The van der Waals surface area contributed by atoms with Crippen molar-refractivity contribution in [2.45, 2.75) is 26.3 Å². The normalized spacial score (nSPS) is 18.0. The zero-order valence-corrected chi connectivity index (χ0v) is 12.2. The van der Waals surface area contributed by atoms with Gasteiger partial charge in [-0.25, -0.2) is 4.98 Å². The number of halogens is 1. The lowest BCUT2D eigenvalue weighted by molar-refractivity contribution is 0.178. The quantitative estimate of drug-likeness (QED) is 0.914. The molecule has 0 radical (unpaired) electrons. The molecule has 1 saturated heterocycles. The monoisotopic (exact) mass is 275 g/mol. The van der Waals surface area contributed by atoms with Crippen molar-refractivity contribution in [3.63, 3.8) is 0 Å². The van der Waals surface area contributed by atoms with Crippen molar-refractivity contribution in [2.75, 3.05) is 26.7 Å². The molecule has 0 spiro atoms. The average Bonchev–Trinajstić information content (AvgIpc) is 2.67. The van der Waals surface area contributed by atoms with Gasteiger partial charge in [-0.15, -0.1) is 23.7 Å². The third kappa shape index (κ3) is 4.54. The van der Waals surface area contributed by atoms with Crippen LogP contribution in [0.4, 0.5) is 0 Å². The number of nitrogens with zero attached hydrogens (tertiary/aromatic N) is 2. The summed E-state index contributed by atoms with van der Waals surface area (Å²) in [5, 5.41) is 4.46. The zero-order chi connectivity index (χ0) is 11.4. The molecule has 1 aromatic rings. The maximum absolute atomic E-state index is 4.31. The van der Waals surface area contributed by atoms with E-state index in [1.807, 2.05) is 24.6 Å². The van der Waals surface area contributed by atoms with Crippen LogP contribution in [-0.2, 0) is 6.54 Å². The van der Waals surface area contributed by atoms with Gasteiger partial charge < -0.3 is 5.32 Å². The molecule has 0 aromatic carbocycles. The molecule has 0 bridgehead atoms. The molecule has 0 unspecified atom stereocenters. The van der Waals surface area contributed by atoms with E-state index in [0.29, 0.717) is 0 Å². The third-order valence-corrected chi connectivity index (χ3v) is 4.15. The van der Waals surface area contributed by atoms with E-state index in [-0.39, 0.29) is 12.4 Å². The molecule has 0 atom stereocenters. The van der Waals surface area contributed by atoms with Crippen molar-refractivity contribution in [1.29, 1.82) is 0 Å². The zero-order valence-electron chi connectivity index (χ0n) is 10.6. The number of hydrogen-bond donors (Lipinski definition) is 1. The number of hydrogen-bond acceptors (Lipinski definition) is 4. The first-order valence-electron chi connectivity index (χ1n) is 6.06. The van der Waals surface area contributed by atoms with Gasteiger partial charge in [0.15, 0.2) is 0 Å². The molecule has 1 aliphatic heterocycles. The lowest BCUT2D eigenvalue weighted by Gasteiger charge is -2.31. The maximum atomic E-state index is 4.31. The van der Waals surface area contributed by atoms with Crippen LogP contribution in [-0.4, -0.2) is 36.6 Å². The van der Waals surface area contributed by atoms with Crippen LogP contribution in [0.25, 0.3) is 0 Å². The Labute approximate surface area is 114 Å². The molecule has 5 heteroatoms. The van der Waals surface area contributed by atoms with Crippen LogP contribution in [0.2, 0.25) is 0 Å². The highest BCUT2D eigenvalue weighted by molar-refractivity contribution is 7.11. The first-order chi connectivity index (χ1) is 7.78. The molecular weight excluding hydrogens is 254 g/mol. The minimum atomic E-state index is 0. The molecule has 1 aliphatic rings. The fourth-order valence-electron chi connectivity index (χ4n) is 2.34. The summed E-state index contributed by atoms with van der Waals surface area (Å²) >= 11 is 1.83. The summed E-state index contributed by atoms with van der Waals surface area (Å²) in [6, 6.07) is 0. The van der Waals surface area contributed by atoms with E-state index in [9.17, 15) is 0 Å². The fraction of sp³-hybridized carbons (Fsp3) is 0.750. The highest BCUT2D eigenvalue weighted by atomic mass is 35.5. The predicted octanol–water partition coefficient (Wildman–Crippen LogP) is 2.30. The van der Waals surface area contributed by atoms with Crippen molar-refractivity contribution in [3.8, 4) is 0 Å². The van der Waals surface area contributed by atoms with Gasteiger partial charge in [0.05, 0.1) is 5.01 Å². The van der Waals surface area contributed by atoms with Crippen LogP contribution in [0.15, 0.2) is 6.20 Å². The van der Waals surface area contributed by atoms with E-state index in [1.165, 1.54) is 42.4 Å². The van der Waals surface area contributed by atoms with Gasteiger partial charge >= 0.3 is 0 Å². The van der Waals surface area contributed by atoms with Gasteiger partial charge in [0.2, 0.25) is 0 Å². The maximum Gasteiger partial charge on any atom is 0.0897 e. The van der Waals surface area contributed by atoms with E-state index < -0.39 is 0 Å². The van der Waals surface area contributed by atoms with Crippen LogP contribution >= 0.6 is 23.7 Å². The lowest BCUT2D eigenvalue weighted by atomic mass is 9.97. The highest BCUT2D eigenvalue weighted by Crippen LogP contribution is 2.20. The Morgan fingerprint density at radius 3 is 2.71 bits per heavy atom. The largest absolute Gasteiger partial charge is 0.319 e. The molecule has 0 aliphatic carbocycles. The van der Waals surface area contributed by atoms with Crippen molar-refractivity contribution in [2.24, 2.45) is 5.92 Å². The number of piperidine rings is 1. The summed E-state index contributed by atoms with van der Waals surface area (Å²) in [6.45, 7) is 6.82. The number of aromatic nitrogens is 1. The van der Waals surface area contributed by atoms with Crippen LogP contribution in [0.5, 0.6) is 0 Å². The molecule has 0 amide bonds. The van der Waals surface area contributed by atoms with Crippen LogP contribution in [0.3, 0.4) is 0 Å². The second kappa shape index (κ2) is 7.31. The van der Waals surface area contributed by atoms with Gasteiger partial charge in [0, 0.05) is 17.6 Å². The third-order valence-electron chi connectivity index (χ3n) is 3.25. The Hall–Kier alpha value is -0.160. The van der Waals surface area contributed by atoms with Gasteiger partial charge in [-0.1, -0.05) is 0 Å². The van der Waals surface area contributed by atoms with Crippen LogP contribution < -0.4 is 5.32 Å². The highest BCUT2D eigenvalue weighted by Gasteiger charge is 2.18. The number of likely N-dealkylation sites (tertiary alicyclic amines) is 1. The molecular formula is C12H22ClN3S. The van der Waals surface area contributed by atoms with Gasteiger partial charge in [-0.3, -0.25) is 4.90 Å². The Morgan fingerprint density at radius 1 is 1.47 bits per heavy atom. The molecule has 1 N–H and O–H groups in total.